The smallest absolute Gasteiger partial charge is 0.122 e. The molecule has 0 saturated carbocycles. The van der Waals surface area contributed by atoms with Crippen LogP contribution in [0.2, 0.25) is 0 Å². The fourth-order valence-corrected chi connectivity index (χ4v) is 2.52. The van der Waals surface area contributed by atoms with E-state index in [0.29, 0.717) is 0 Å². The minimum absolute atomic E-state index is 0.0582. The second-order valence-electron chi connectivity index (χ2n) is 4.80. The highest BCUT2D eigenvalue weighted by atomic mass is 16.5. The van der Waals surface area contributed by atoms with Crippen LogP contribution in [0.4, 0.5) is 0 Å². The molecule has 0 aromatic heterocycles. The van der Waals surface area contributed by atoms with E-state index in [2.05, 4.69) is 31.2 Å². The van der Waals surface area contributed by atoms with Crippen molar-refractivity contribution in [3.05, 3.63) is 64.7 Å². The van der Waals surface area contributed by atoms with Crippen LogP contribution in [0.1, 0.15) is 28.3 Å². The summed E-state index contributed by atoms with van der Waals surface area (Å²) in [4.78, 5) is 0. The van der Waals surface area contributed by atoms with Gasteiger partial charge in [0.15, 0.2) is 0 Å². The molecule has 2 aromatic rings. The Bertz CT molecular complexity index is 577. The van der Waals surface area contributed by atoms with Gasteiger partial charge >= 0.3 is 0 Å². The first-order valence-corrected chi connectivity index (χ1v) is 6.32. The lowest BCUT2D eigenvalue weighted by Gasteiger charge is -2.16. The molecular formula is C16H17NO. The molecule has 0 spiro atoms. The van der Waals surface area contributed by atoms with E-state index in [0.717, 1.165) is 24.3 Å². The summed E-state index contributed by atoms with van der Waals surface area (Å²) in [6, 6.07) is 14.5. The first kappa shape index (κ1) is 11.3. The van der Waals surface area contributed by atoms with Crippen LogP contribution in [0.25, 0.3) is 0 Å². The van der Waals surface area contributed by atoms with Gasteiger partial charge in [0.1, 0.15) is 5.75 Å². The first-order chi connectivity index (χ1) is 8.75. The average Bonchev–Trinajstić information content (AvgIpc) is 2.85. The molecule has 1 heterocycles. The predicted octanol–water partition coefficient (Wildman–Crippen LogP) is 2.98. The van der Waals surface area contributed by atoms with Crippen molar-refractivity contribution in [2.45, 2.75) is 19.4 Å². The molecule has 2 heteroatoms. The molecule has 92 valence electrons. The summed E-state index contributed by atoms with van der Waals surface area (Å²) in [5, 5.41) is 0. The van der Waals surface area contributed by atoms with Crippen LogP contribution >= 0.6 is 0 Å². The molecule has 3 rings (SSSR count). The van der Waals surface area contributed by atoms with E-state index < -0.39 is 0 Å². The minimum Gasteiger partial charge on any atom is -0.493 e. The summed E-state index contributed by atoms with van der Waals surface area (Å²) in [7, 11) is 0. The minimum atomic E-state index is -0.0582. The number of ether oxygens (including phenoxy) is 1. The van der Waals surface area contributed by atoms with E-state index in [-0.39, 0.29) is 6.04 Å². The molecule has 1 aliphatic rings. The van der Waals surface area contributed by atoms with Crippen molar-refractivity contribution >= 4 is 0 Å². The van der Waals surface area contributed by atoms with Crippen LogP contribution in [0, 0.1) is 6.92 Å². The second kappa shape index (κ2) is 4.46. The number of aryl methyl sites for hydroxylation is 1. The highest BCUT2D eigenvalue weighted by Gasteiger charge is 2.16. The monoisotopic (exact) mass is 239 g/mol. The summed E-state index contributed by atoms with van der Waals surface area (Å²) >= 11 is 0. The number of rotatable bonds is 2. The van der Waals surface area contributed by atoms with Gasteiger partial charge in [0.25, 0.3) is 0 Å². The Kier molecular flexibility index (Phi) is 2.80. The van der Waals surface area contributed by atoms with Gasteiger partial charge in [-0.2, -0.15) is 0 Å². The van der Waals surface area contributed by atoms with E-state index in [1.54, 1.807) is 0 Å². The maximum atomic E-state index is 6.37. The molecule has 1 unspecified atom stereocenters. The Hall–Kier alpha value is -1.80. The molecule has 1 aliphatic heterocycles. The van der Waals surface area contributed by atoms with Gasteiger partial charge in [-0.25, -0.2) is 0 Å². The maximum absolute atomic E-state index is 6.37. The van der Waals surface area contributed by atoms with Gasteiger partial charge in [-0.15, -0.1) is 0 Å². The maximum Gasteiger partial charge on any atom is 0.122 e. The van der Waals surface area contributed by atoms with Crippen molar-refractivity contribution in [3.8, 4) is 5.75 Å². The summed E-state index contributed by atoms with van der Waals surface area (Å²) in [5.41, 5.74) is 11.2. The summed E-state index contributed by atoms with van der Waals surface area (Å²) < 4.78 is 5.52. The summed E-state index contributed by atoms with van der Waals surface area (Å²) in [6.07, 6.45) is 0.990. The van der Waals surface area contributed by atoms with E-state index in [4.69, 9.17) is 10.5 Å². The van der Waals surface area contributed by atoms with Gasteiger partial charge in [0.05, 0.1) is 12.6 Å². The third kappa shape index (κ3) is 1.89. The van der Waals surface area contributed by atoms with Crippen LogP contribution in [-0.2, 0) is 6.42 Å². The third-order valence-electron chi connectivity index (χ3n) is 3.60. The molecule has 0 radical (unpaired) electrons. The van der Waals surface area contributed by atoms with Crippen LogP contribution in [0.15, 0.2) is 42.5 Å². The van der Waals surface area contributed by atoms with Gasteiger partial charge in [-0.1, -0.05) is 36.4 Å². The number of hydrogen-bond donors (Lipinski definition) is 1. The number of hydrogen-bond acceptors (Lipinski definition) is 2. The predicted molar refractivity (Wildman–Crippen MR) is 72.9 cm³/mol. The molecule has 0 aliphatic carbocycles. The van der Waals surface area contributed by atoms with Crippen molar-refractivity contribution < 1.29 is 4.74 Å². The van der Waals surface area contributed by atoms with Gasteiger partial charge < -0.3 is 10.5 Å². The average molecular weight is 239 g/mol. The summed E-state index contributed by atoms with van der Waals surface area (Å²) in [6.45, 7) is 2.89. The van der Waals surface area contributed by atoms with E-state index in [9.17, 15) is 0 Å². The van der Waals surface area contributed by atoms with Crippen molar-refractivity contribution in [2.24, 2.45) is 5.73 Å². The van der Waals surface area contributed by atoms with Crippen LogP contribution in [0.3, 0.4) is 0 Å². The highest BCUT2D eigenvalue weighted by molar-refractivity contribution is 5.44. The topological polar surface area (TPSA) is 35.2 Å². The van der Waals surface area contributed by atoms with Crippen molar-refractivity contribution in [1.82, 2.24) is 0 Å². The molecule has 0 fully saturated rings. The zero-order valence-corrected chi connectivity index (χ0v) is 10.5. The fraction of sp³-hybridized carbons (Fsp3) is 0.250. The number of fused-ring (bicyclic) bond motifs is 1. The molecule has 1 atom stereocenters. The largest absolute Gasteiger partial charge is 0.493 e. The Morgan fingerprint density at radius 2 is 2.00 bits per heavy atom. The first-order valence-electron chi connectivity index (χ1n) is 6.32. The normalized spacial score (nSPS) is 15.0. The van der Waals surface area contributed by atoms with Crippen LogP contribution < -0.4 is 10.5 Å². The van der Waals surface area contributed by atoms with Gasteiger partial charge in [-0.3, -0.25) is 0 Å². The Morgan fingerprint density at radius 3 is 2.83 bits per heavy atom. The zero-order chi connectivity index (χ0) is 12.5. The molecule has 18 heavy (non-hydrogen) atoms. The molecule has 0 saturated heterocycles. The standard InChI is InChI=1S/C16H17NO/c1-11-4-2-3-5-14(11)16(17)13-6-7-15-12(10-13)8-9-18-15/h2-7,10,16H,8-9,17H2,1H3. The lowest BCUT2D eigenvalue weighted by Crippen LogP contribution is -2.13. The lowest BCUT2D eigenvalue weighted by molar-refractivity contribution is 0.357. The van der Waals surface area contributed by atoms with Crippen molar-refractivity contribution in [1.29, 1.82) is 0 Å². The molecule has 2 aromatic carbocycles. The van der Waals surface area contributed by atoms with Crippen molar-refractivity contribution in [2.75, 3.05) is 6.61 Å². The number of nitrogens with two attached hydrogens (primary N) is 1. The molecule has 0 bridgehead atoms. The molecule has 2 N–H and O–H groups in total. The second-order valence-corrected chi connectivity index (χ2v) is 4.80. The highest BCUT2D eigenvalue weighted by Crippen LogP contribution is 2.30. The SMILES string of the molecule is Cc1ccccc1C(N)c1ccc2c(c1)CCO2. The van der Waals surface area contributed by atoms with Gasteiger partial charge in [0.2, 0.25) is 0 Å². The van der Waals surface area contributed by atoms with Crippen LogP contribution in [-0.4, -0.2) is 6.61 Å². The molecule has 2 nitrogen and oxygen atoms in total. The summed E-state index contributed by atoms with van der Waals surface area (Å²) in [5.74, 6) is 1.01. The zero-order valence-electron chi connectivity index (χ0n) is 10.5. The van der Waals surface area contributed by atoms with Crippen LogP contribution in [0.5, 0.6) is 5.75 Å². The Balaban J connectivity index is 1.98. The fourth-order valence-electron chi connectivity index (χ4n) is 2.52. The Morgan fingerprint density at radius 1 is 1.17 bits per heavy atom. The van der Waals surface area contributed by atoms with Gasteiger partial charge in [0, 0.05) is 6.42 Å². The third-order valence-corrected chi connectivity index (χ3v) is 3.60. The Labute approximate surface area is 107 Å². The van der Waals surface area contributed by atoms with Crippen molar-refractivity contribution in [3.63, 3.8) is 0 Å². The number of benzene rings is 2. The quantitative estimate of drug-likeness (QED) is 0.874. The lowest BCUT2D eigenvalue weighted by atomic mass is 9.94. The van der Waals surface area contributed by atoms with E-state index in [1.165, 1.54) is 16.7 Å². The van der Waals surface area contributed by atoms with E-state index >= 15 is 0 Å². The van der Waals surface area contributed by atoms with E-state index in [1.807, 2.05) is 18.2 Å². The van der Waals surface area contributed by atoms with Gasteiger partial charge in [-0.05, 0) is 35.2 Å². The molecule has 0 amide bonds. The molecular weight excluding hydrogens is 222 g/mol.